The smallest absolute Gasteiger partial charge is 0.185 e. The fourth-order valence-corrected chi connectivity index (χ4v) is 0.770. The highest BCUT2D eigenvalue weighted by molar-refractivity contribution is 7.80. The normalized spacial score (nSPS) is 9.83. The maximum absolute atomic E-state index is 8.40. The third-order valence-electron chi connectivity index (χ3n) is 1.22. The minimum atomic E-state index is -0.00486. The summed E-state index contributed by atoms with van der Waals surface area (Å²) in [6, 6.07) is 0. The van der Waals surface area contributed by atoms with E-state index in [4.69, 9.17) is 26.8 Å². The third kappa shape index (κ3) is 7.91. The number of ether oxygens (including phenoxy) is 2. The number of aliphatic hydroxyl groups is 1. The first kappa shape index (κ1) is 11.8. The first-order valence-electron chi connectivity index (χ1n) is 4.15. The molecule has 0 unspecified atom stereocenters. The molecule has 1 N–H and O–H groups in total. The van der Waals surface area contributed by atoms with Crippen molar-refractivity contribution in [3.8, 4) is 0 Å². The summed E-state index contributed by atoms with van der Waals surface area (Å²) in [5, 5.41) is 8.82. The zero-order valence-electron chi connectivity index (χ0n) is 7.41. The lowest BCUT2D eigenvalue weighted by molar-refractivity contribution is 0.138. The van der Waals surface area contributed by atoms with E-state index in [9.17, 15) is 0 Å². The topological polar surface area (TPSA) is 38.7 Å². The molecule has 0 fully saturated rings. The van der Waals surface area contributed by atoms with Crippen molar-refractivity contribution in [1.82, 2.24) is 0 Å². The summed E-state index contributed by atoms with van der Waals surface area (Å²) in [7, 11) is 0. The van der Waals surface area contributed by atoms with E-state index < -0.39 is 0 Å². The van der Waals surface area contributed by atoms with E-state index in [0.29, 0.717) is 11.7 Å². The van der Waals surface area contributed by atoms with Crippen molar-refractivity contribution < 1.29 is 14.6 Å². The van der Waals surface area contributed by atoms with Gasteiger partial charge in [-0.2, -0.15) is 0 Å². The van der Waals surface area contributed by atoms with Crippen molar-refractivity contribution in [3.63, 3.8) is 0 Å². The number of hydrogen-bond acceptors (Lipinski definition) is 4. The fourth-order valence-electron chi connectivity index (χ4n) is 0.603. The van der Waals surface area contributed by atoms with Gasteiger partial charge >= 0.3 is 0 Å². The van der Waals surface area contributed by atoms with Gasteiger partial charge in [0, 0.05) is 6.61 Å². The van der Waals surface area contributed by atoms with Gasteiger partial charge in [-0.3, -0.25) is 0 Å². The summed E-state index contributed by atoms with van der Waals surface area (Å²) < 4.78 is 10.1. The molecular weight excluding hydrogens is 176 g/mol. The van der Waals surface area contributed by atoms with E-state index in [-0.39, 0.29) is 13.2 Å². The van der Waals surface area contributed by atoms with Crippen molar-refractivity contribution >= 4 is 17.3 Å². The summed E-state index contributed by atoms with van der Waals surface area (Å²) in [6.07, 6.45) is 2.16. The van der Waals surface area contributed by atoms with E-state index >= 15 is 0 Å². The number of hydrogen-bond donors (Lipinski definition) is 1. The van der Waals surface area contributed by atoms with Crippen LogP contribution in [-0.2, 0) is 9.47 Å². The first-order chi connectivity index (χ1) is 5.81. The van der Waals surface area contributed by atoms with Crippen LogP contribution in [-0.4, -0.2) is 36.6 Å². The Morgan fingerprint density at radius 2 is 2.17 bits per heavy atom. The Morgan fingerprint density at radius 3 is 2.75 bits per heavy atom. The molecule has 0 rings (SSSR count). The molecule has 0 aliphatic heterocycles. The zero-order chi connectivity index (χ0) is 9.23. The van der Waals surface area contributed by atoms with E-state index in [1.807, 2.05) is 0 Å². The van der Waals surface area contributed by atoms with Crippen LogP contribution in [0.15, 0.2) is 0 Å². The molecule has 0 atom stereocenters. The third-order valence-corrected chi connectivity index (χ3v) is 1.45. The summed E-state index contributed by atoms with van der Waals surface area (Å²) in [5.41, 5.74) is 0. The quantitative estimate of drug-likeness (QED) is 0.485. The summed E-state index contributed by atoms with van der Waals surface area (Å²) in [6.45, 7) is 3.43. The molecule has 3 nitrogen and oxygen atoms in total. The van der Waals surface area contributed by atoms with E-state index in [1.165, 1.54) is 0 Å². The number of rotatable bonds is 7. The second-order valence-corrected chi connectivity index (χ2v) is 2.81. The maximum Gasteiger partial charge on any atom is 0.185 e. The van der Waals surface area contributed by atoms with Gasteiger partial charge in [0.05, 0.1) is 6.61 Å². The lowest BCUT2D eigenvalue weighted by Gasteiger charge is -2.05. The van der Waals surface area contributed by atoms with Crippen molar-refractivity contribution in [2.75, 3.05) is 26.4 Å². The fraction of sp³-hybridized carbons (Fsp3) is 0.875. The average Bonchev–Trinajstić information content (AvgIpc) is 2.09. The van der Waals surface area contributed by atoms with Gasteiger partial charge in [0.1, 0.15) is 13.2 Å². The molecule has 0 radical (unpaired) electrons. The van der Waals surface area contributed by atoms with Crippen LogP contribution in [0.1, 0.15) is 19.8 Å². The van der Waals surface area contributed by atoms with Crippen molar-refractivity contribution in [1.29, 1.82) is 0 Å². The molecule has 0 bridgehead atoms. The number of thiocarbonyl (C=S) groups is 1. The SMILES string of the molecule is CCCCOCC(=S)OCCO. The van der Waals surface area contributed by atoms with Crippen LogP contribution >= 0.6 is 12.2 Å². The minimum absolute atomic E-state index is 0.00486. The van der Waals surface area contributed by atoms with Crippen molar-refractivity contribution in [2.45, 2.75) is 19.8 Å². The molecule has 0 aromatic carbocycles. The van der Waals surface area contributed by atoms with Crippen LogP contribution in [0.3, 0.4) is 0 Å². The summed E-state index contributed by atoms with van der Waals surface area (Å²) in [4.78, 5) is 0. The second-order valence-electron chi connectivity index (χ2n) is 2.35. The van der Waals surface area contributed by atoms with E-state index in [2.05, 4.69) is 6.92 Å². The molecule has 0 saturated heterocycles. The molecule has 12 heavy (non-hydrogen) atoms. The largest absolute Gasteiger partial charge is 0.482 e. The van der Waals surface area contributed by atoms with Crippen LogP contribution in [0.25, 0.3) is 0 Å². The molecule has 0 amide bonds. The van der Waals surface area contributed by atoms with Crippen molar-refractivity contribution in [3.05, 3.63) is 0 Å². The molecule has 0 heterocycles. The van der Waals surface area contributed by atoms with Crippen LogP contribution in [0.2, 0.25) is 0 Å². The Morgan fingerprint density at radius 1 is 1.42 bits per heavy atom. The molecule has 72 valence electrons. The molecule has 0 spiro atoms. The van der Waals surface area contributed by atoms with Crippen LogP contribution < -0.4 is 0 Å². The predicted octanol–water partition coefficient (Wildman–Crippen LogP) is 1.14. The number of unbranched alkanes of at least 4 members (excludes halogenated alkanes) is 1. The van der Waals surface area contributed by atoms with Gasteiger partial charge in [-0.25, -0.2) is 0 Å². The highest BCUT2D eigenvalue weighted by atomic mass is 32.1. The first-order valence-corrected chi connectivity index (χ1v) is 4.56. The van der Waals surface area contributed by atoms with Gasteiger partial charge in [-0.05, 0) is 18.6 Å². The second kappa shape index (κ2) is 8.90. The Bertz CT molecular complexity index is 117. The molecule has 0 aromatic rings. The zero-order valence-corrected chi connectivity index (χ0v) is 8.23. The number of aliphatic hydroxyl groups excluding tert-OH is 1. The van der Waals surface area contributed by atoms with E-state index in [0.717, 1.165) is 19.4 Å². The van der Waals surface area contributed by atoms with Gasteiger partial charge < -0.3 is 14.6 Å². The van der Waals surface area contributed by atoms with Crippen LogP contribution in [0, 0.1) is 0 Å². The Kier molecular flexibility index (Phi) is 8.76. The monoisotopic (exact) mass is 192 g/mol. The predicted molar refractivity (Wildman–Crippen MR) is 51.4 cm³/mol. The van der Waals surface area contributed by atoms with Gasteiger partial charge in [0.25, 0.3) is 0 Å². The summed E-state index contributed by atoms with van der Waals surface area (Å²) in [5.74, 6) is 0. The van der Waals surface area contributed by atoms with Gasteiger partial charge in [-0.15, -0.1) is 0 Å². The van der Waals surface area contributed by atoms with Crippen LogP contribution in [0.5, 0.6) is 0 Å². The van der Waals surface area contributed by atoms with Gasteiger partial charge in [0.2, 0.25) is 0 Å². The lowest BCUT2D eigenvalue weighted by Crippen LogP contribution is -2.13. The molecule has 0 aromatic heterocycles. The lowest BCUT2D eigenvalue weighted by atomic mass is 10.4. The average molecular weight is 192 g/mol. The molecular formula is C8H16O3S. The van der Waals surface area contributed by atoms with Gasteiger partial charge in [0.15, 0.2) is 5.05 Å². The standard InChI is InChI=1S/C8H16O3S/c1-2-3-5-10-7-8(12)11-6-4-9/h9H,2-7H2,1H3. The maximum atomic E-state index is 8.40. The van der Waals surface area contributed by atoms with Gasteiger partial charge in [-0.1, -0.05) is 13.3 Å². The van der Waals surface area contributed by atoms with E-state index in [1.54, 1.807) is 0 Å². The Hall–Kier alpha value is -0.190. The van der Waals surface area contributed by atoms with Crippen molar-refractivity contribution in [2.24, 2.45) is 0 Å². The highest BCUT2D eigenvalue weighted by Gasteiger charge is 1.96. The summed E-state index contributed by atoms with van der Waals surface area (Å²) >= 11 is 4.81. The molecule has 0 aliphatic carbocycles. The van der Waals surface area contributed by atoms with Crippen LogP contribution in [0.4, 0.5) is 0 Å². The Balaban J connectivity index is 3.08. The molecule has 4 heteroatoms. The molecule has 0 aliphatic rings. The molecule has 0 saturated carbocycles. The Labute approximate surface area is 78.7 Å². The highest BCUT2D eigenvalue weighted by Crippen LogP contribution is 1.90. The minimum Gasteiger partial charge on any atom is -0.482 e.